The Hall–Kier alpha value is -5.14. The Bertz CT molecular complexity index is 3020. The van der Waals surface area contributed by atoms with Crippen LogP contribution >= 0.6 is 0 Å². The summed E-state index contributed by atoms with van der Waals surface area (Å²) < 4.78 is 153. The van der Waals surface area contributed by atoms with E-state index in [1.54, 1.807) is 0 Å². The maximum absolute atomic E-state index is 9.42. The summed E-state index contributed by atoms with van der Waals surface area (Å²) in [6.45, 7) is 0. The molecule has 39 heavy (non-hydrogen) atoms. The van der Waals surface area contributed by atoms with Gasteiger partial charge in [-0.2, -0.15) is 0 Å². The zero-order chi connectivity index (χ0) is 40.6. The van der Waals surface area contributed by atoms with Crippen molar-refractivity contribution in [1.82, 2.24) is 0 Å². The third-order valence-corrected chi connectivity index (χ3v) is 6.66. The van der Waals surface area contributed by atoms with Crippen molar-refractivity contribution < 1.29 is 27.7 Å². The van der Waals surface area contributed by atoms with Crippen molar-refractivity contribution in [2.24, 2.45) is 0 Å². The van der Waals surface area contributed by atoms with Gasteiger partial charge in [0, 0.05) is 10.8 Å². The van der Waals surface area contributed by atoms with Gasteiger partial charge in [-0.3, -0.25) is 0 Å². The van der Waals surface area contributed by atoms with E-state index < -0.39 is 48.3 Å². The second kappa shape index (κ2) is 8.72. The molecule has 0 atom stereocenters. The highest BCUT2D eigenvalue weighted by Gasteiger charge is 2.18. The van der Waals surface area contributed by atoms with Crippen molar-refractivity contribution in [3.05, 3.63) is 145 Å². The maximum Gasteiger partial charge on any atom is 0.136 e. The Morgan fingerprint density at radius 1 is 0.359 bits per heavy atom. The fourth-order valence-corrected chi connectivity index (χ4v) is 4.98. The molecule has 0 saturated carbocycles. The summed E-state index contributed by atoms with van der Waals surface area (Å²) in [5.74, 6) is 0. The van der Waals surface area contributed by atoms with E-state index in [1.807, 2.05) is 0 Å². The average molecular weight is 514 g/mol. The molecule has 1 aromatic heterocycles. The average Bonchev–Trinajstić information content (AvgIpc) is 3.56. The van der Waals surface area contributed by atoms with Gasteiger partial charge in [0.25, 0.3) is 0 Å². The van der Waals surface area contributed by atoms with Crippen molar-refractivity contribution in [2.45, 2.75) is 0 Å². The molecule has 1 heteroatoms. The Balaban J connectivity index is 1.58. The fourth-order valence-electron chi connectivity index (χ4n) is 4.98. The minimum absolute atomic E-state index is 0.0132. The Morgan fingerprint density at radius 3 is 1.67 bits per heavy atom. The smallest absolute Gasteiger partial charge is 0.136 e. The maximum atomic E-state index is 9.42. The van der Waals surface area contributed by atoms with Crippen LogP contribution < -0.4 is 0 Å². The van der Waals surface area contributed by atoms with Crippen LogP contribution in [0.25, 0.3) is 76.9 Å². The van der Waals surface area contributed by atoms with E-state index in [0.29, 0.717) is 0 Å². The molecule has 0 unspecified atom stereocenters. The summed E-state index contributed by atoms with van der Waals surface area (Å²) in [5.41, 5.74) is -0.734. The summed E-state index contributed by atoms with van der Waals surface area (Å²) in [6.07, 6.45) is 0. The highest BCUT2D eigenvalue weighted by molar-refractivity contribution is 6.22. The molecule has 0 bridgehead atoms. The quantitative estimate of drug-likeness (QED) is 0.214. The number of hydrogen-bond acceptors (Lipinski definition) is 1. The first kappa shape index (κ1) is 10.9. The van der Waals surface area contributed by atoms with Gasteiger partial charge in [-0.15, -0.1) is 0 Å². The number of rotatable bonds is 3. The largest absolute Gasteiger partial charge is 0.456 e. The number of benzene rings is 7. The number of fused-ring (bicyclic) bond motifs is 5. The molecule has 1 heterocycles. The highest BCUT2D eigenvalue weighted by Crippen LogP contribution is 2.45. The van der Waals surface area contributed by atoms with Crippen molar-refractivity contribution in [3.8, 4) is 33.4 Å². The van der Waals surface area contributed by atoms with Crippen molar-refractivity contribution in [2.75, 3.05) is 0 Å². The first-order valence-electron chi connectivity index (χ1n) is 20.4. The second-order valence-corrected chi connectivity index (χ2v) is 8.80. The van der Waals surface area contributed by atoms with Crippen molar-refractivity contribution in [3.63, 3.8) is 0 Å². The van der Waals surface area contributed by atoms with Gasteiger partial charge in [-0.1, -0.05) is 121 Å². The summed E-state index contributed by atoms with van der Waals surface area (Å²) in [7, 11) is 0. The van der Waals surface area contributed by atoms with Crippen LogP contribution in [0.3, 0.4) is 0 Å². The zero-order valence-corrected chi connectivity index (χ0v) is 19.9. The lowest BCUT2D eigenvalue weighted by Gasteiger charge is -2.18. The minimum Gasteiger partial charge on any atom is -0.456 e. The molecule has 182 valence electrons. The Labute approximate surface area is 250 Å². The summed E-state index contributed by atoms with van der Waals surface area (Å²) in [6, 6.07) is 1.79. The molecule has 0 spiro atoms. The van der Waals surface area contributed by atoms with Gasteiger partial charge in [0.1, 0.15) is 11.2 Å². The van der Waals surface area contributed by atoms with Gasteiger partial charge in [0.2, 0.25) is 0 Å². The molecule has 0 aliphatic carbocycles. The van der Waals surface area contributed by atoms with Crippen LogP contribution in [0.5, 0.6) is 0 Å². The van der Waals surface area contributed by atoms with Gasteiger partial charge in [0.05, 0.1) is 23.3 Å². The standard InChI is InChI=1S/C38H24O/c1-2-11-25(12-3-1)26-13-10-14-27(23-26)37-31-16-4-6-18-33(31)38(34-19-7-5-17-32(34)37)28-21-22-30-29-15-8-9-20-35(29)39-36(30)24-28/h1-24H/i1D,2D,3D,4D,5D,6D,7D,8D,9D,10D,13D,15D,20D,21D,22D,23D,24D. The molecule has 1 nitrogen and oxygen atoms in total. The van der Waals surface area contributed by atoms with E-state index in [-0.39, 0.29) is 131 Å². The SMILES string of the molecule is [2H]c1cc2c(-c3cc([2H])c([2H])c(-c4cc([2H])c([2H])c([2H])c4)c3[2H])c3cc([2H])c([2H])cc3c(-c3c([2H])c([2H])c4c(oc5c([2H])c([2H])c([2H])c([2H])c54)c3[2H])c2cc1[2H]. The van der Waals surface area contributed by atoms with Gasteiger partial charge >= 0.3 is 0 Å². The number of para-hydroxylation sites is 1. The highest BCUT2D eigenvalue weighted by atomic mass is 16.3. The predicted molar refractivity (Wildman–Crippen MR) is 165 cm³/mol. The third kappa shape index (κ3) is 3.48. The number of furan rings is 1. The first-order chi connectivity index (χ1) is 26.3. The lowest BCUT2D eigenvalue weighted by atomic mass is 9.85. The summed E-state index contributed by atoms with van der Waals surface area (Å²) >= 11 is 0. The lowest BCUT2D eigenvalue weighted by molar-refractivity contribution is 0.669. The molecule has 0 fully saturated rings. The first-order valence-corrected chi connectivity index (χ1v) is 11.9. The number of hydrogen-bond donors (Lipinski definition) is 0. The van der Waals surface area contributed by atoms with E-state index in [4.69, 9.17) is 23.6 Å². The summed E-state index contributed by atoms with van der Waals surface area (Å²) in [5, 5.41) is 0.185. The predicted octanol–water partition coefficient (Wildman–Crippen LogP) is 10.9. The van der Waals surface area contributed by atoms with E-state index >= 15 is 0 Å². The van der Waals surface area contributed by atoms with Gasteiger partial charge in [-0.25, -0.2) is 0 Å². The Morgan fingerprint density at radius 2 is 0.949 bits per heavy atom. The van der Waals surface area contributed by atoms with E-state index in [0.717, 1.165) is 0 Å². The molecule has 7 aromatic carbocycles. The van der Waals surface area contributed by atoms with Gasteiger partial charge in [0.15, 0.2) is 0 Å². The second-order valence-electron chi connectivity index (χ2n) is 8.80. The molecule has 8 aromatic rings. The molecule has 0 N–H and O–H groups in total. The van der Waals surface area contributed by atoms with Gasteiger partial charge in [-0.05, 0) is 79.1 Å². The molecule has 0 saturated heterocycles. The van der Waals surface area contributed by atoms with E-state index in [9.17, 15) is 4.11 Å². The fraction of sp³-hybridized carbons (Fsp3) is 0. The molecule has 0 aliphatic heterocycles. The van der Waals surface area contributed by atoms with Crippen molar-refractivity contribution >= 4 is 43.5 Å². The van der Waals surface area contributed by atoms with Crippen LogP contribution in [-0.2, 0) is 0 Å². The van der Waals surface area contributed by atoms with Crippen LogP contribution in [0.4, 0.5) is 0 Å². The van der Waals surface area contributed by atoms with Crippen LogP contribution in [0.15, 0.2) is 150 Å². The summed E-state index contributed by atoms with van der Waals surface area (Å²) in [4.78, 5) is 0. The molecule has 8 rings (SSSR count). The zero-order valence-electron chi connectivity index (χ0n) is 36.9. The van der Waals surface area contributed by atoms with Crippen LogP contribution in [0.2, 0.25) is 0 Å². The monoisotopic (exact) mass is 513 g/mol. The minimum atomic E-state index is -0.596. The normalized spacial score (nSPS) is 17.7. The van der Waals surface area contributed by atoms with E-state index in [2.05, 4.69) is 0 Å². The van der Waals surface area contributed by atoms with Gasteiger partial charge < -0.3 is 4.42 Å². The third-order valence-electron chi connectivity index (χ3n) is 6.66. The molecular formula is C38H24O. The topological polar surface area (TPSA) is 13.1 Å². The van der Waals surface area contributed by atoms with E-state index in [1.165, 1.54) is 42.5 Å². The van der Waals surface area contributed by atoms with Crippen LogP contribution in [-0.4, -0.2) is 0 Å². The Kier molecular flexibility index (Phi) is 2.44. The molecule has 0 aliphatic rings. The molecule has 0 radical (unpaired) electrons. The van der Waals surface area contributed by atoms with Crippen molar-refractivity contribution in [1.29, 1.82) is 0 Å². The molecular weight excluding hydrogens is 472 g/mol. The van der Waals surface area contributed by atoms with Crippen LogP contribution in [0, 0.1) is 0 Å². The lowest BCUT2D eigenvalue weighted by Crippen LogP contribution is -1.91. The van der Waals surface area contributed by atoms with Crippen LogP contribution in [0.1, 0.15) is 23.3 Å². The molecule has 0 amide bonds.